The Labute approximate surface area is 218 Å². The molecule has 3 aromatic carbocycles. The lowest BCUT2D eigenvalue weighted by molar-refractivity contribution is -0.118. The van der Waals surface area contributed by atoms with Crippen molar-refractivity contribution < 1.29 is 19.1 Å². The van der Waals surface area contributed by atoms with Crippen LogP contribution in [0.5, 0.6) is 11.5 Å². The van der Waals surface area contributed by atoms with Crippen LogP contribution in [0.3, 0.4) is 0 Å². The number of nitrogens with zero attached hydrogens (tertiary/aromatic N) is 1. The number of thioether (sulfide) groups is 1. The molecule has 9 heteroatoms. The van der Waals surface area contributed by atoms with Gasteiger partial charge in [0, 0.05) is 16.3 Å². The summed E-state index contributed by atoms with van der Waals surface area (Å²) >= 11 is 7.39. The number of aryl methyl sites for hydroxylation is 1. The Morgan fingerprint density at radius 1 is 1.11 bits per heavy atom. The highest BCUT2D eigenvalue weighted by Gasteiger charge is 2.25. The third kappa shape index (κ3) is 6.08. The maximum absolute atomic E-state index is 12.6. The second-order valence-electron chi connectivity index (χ2n) is 7.95. The quantitative estimate of drug-likeness (QED) is 0.379. The topological polar surface area (TPSA) is 89.0 Å². The highest BCUT2D eigenvalue weighted by molar-refractivity contribution is 8.18. The summed E-state index contributed by atoms with van der Waals surface area (Å²) in [7, 11) is 1.51. The van der Waals surface area contributed by atoms with E-state index in [0.717, 1.165) is 11.1 Å². The molecular formula is C27H24ClN3O4S. The van der Waals surface area contributed by atoms with E-state index in [0.29, 0.717) is 43.5 Å². The largest absolute Gasteiger partial charge is 0.493 e. The van der Waals surface area contributed by atoms with Crippen molar-refractivity contribution in [2.75, 3.05) is 19.0 Å². The van der Waals surface area contributed by atoms with Crippen molar-refractivity contribution >= 4 is 57.8 Å². The Kier molecular flexibility index (Phi) is 7.97. The molecule has 2 amide bonds. The van der Waals surface area contributed by atoms with E-state index in [2.05, 4.69) is 15.6 Å². The summed E-state index contributed by atoms with van der Waals surface area (Å²) in [5.41, 5.74) is 3.87. The zero-order chi connectivity index (χ0) is 25.7. The number of para-hydroxylation sites is 1. The number of ether oxygens (including phenoxy) is 2. The predicted molar refractivity (Wildman–Crippen MR) is 145 cm³/mol. The van der Waals surface area contributed by atoms with E-state index in [4.69, 9.17) is 21.1 Å². The number of aliphatic imine (C=N–C) groups is 1. The first-order valence-corrected chi connectivity index (χ1v) is 12.2. The fourth-order valence-corrected chi connectivity index (χ4v) is 4.38. The molecular weight excluding hydrogens is 498 g/mol. The number of amides is 2. The summed E-state index contributed by atoms with van der Waals surface area (Å²) in [6.07, 6.45) is 1.68. The van der Waals surface area contributed by atoms with Crippen molar-refractivity contribution in [1.82, 2.24) is 5.32 Å². The third-order valence-electron chi connectivity index (χ3n) is 5.31. The minimum absolute atomic E-state index is 0.232. The molecule has 7 nitrogen and oxygen atoms in total. The van der Waals surface area contributed by atoms with Gasteiger partial charge in [0.05, 0.1) is 17.7 Å². The van der Waals surface area contributed by atoms with Gasteiger partial charge in [-0.15, -0.1) is 0 Å². The molecule has 1 aliphatic rings. The van der Waals surface area contributed by atoms with Gasteiger partial charge in [-0.25, -0.2) is 4.99 Å². The molecule has 0 saturated carbocycles. The number of anilines is 1. The third-order valence-corrected chi connectivity index (χ3v) is 6.63. The number of hydrogen-bond donors (Lipinski definition) is 2. The van der Waals surface area contributed by atoms with Gasteiger partial charge in [-0.1, -0.05) is 47.5 Å². The highest BCUT2D eigenvalue weighted by Crippen LogP contribution is 2.36. The number of rotatable bonds is 7. The van der Waals surface area contributed by atoms with Crippen molar-refractivity contribution in [3.8, 4) is 11.5 Å². The number of carbonyl (C=O) groups is 2. The number of methoxy groups -OCH3 is 1. The van der Waals surface area contributed by atoms with E-state index in [9.17, 15) is 9.59 Å². The molecule has 184 valence electrons. The van der Waals surface area contributed by atoms with E-state index < -0.39 is 0 Å². The van der Waals surface area contributed by atoms with Gasteiger partial charge in [0.25, 0.3) is 11.8 Å². The van der Waals surface area contributed by atoms with Gasteiger partial charge in [-0.2, -0.15) is 0 Å². The van der Waals surface area contributed by atoms with Crippen molar-refractivity contribution in [2.45, 2.75) is 13.8 Å². The van der Waals surface area contributed by atoms with E-state index >= 15 is 0 Å². The van der Waals surface area contributed by atoms with Crippen molar-refractivity contribution in [2.24, 2.45) is 4.99 Å². The Hall–Kier alpha value is -3.75. The molecule has 3 aromatic rings. The summed E-state index contributed by atoms with van der Waals surface area (Å²) in [5, 5.41) is 6.62. The van der Waals surface area contributed by atoms with E-state index in [1.165, 1.54) is 18.9 Å². The second kappa shape index (κ2) is 11.3. The SMILES string of the molecule is COc1cccc(/C=C2/SC(=Nc3cccc(Cl)c3C)NC2=O)c1OCC(=O)Nc1ccc(C)cc1. The normalized spacial score (nSPS) is 15.2. The van der Waals surface area contributed by atoms with E-state index in [-0.39, 0.29) is 18.4 Å². The molecule has 0 radical (unpaired) electrons. The fourth-order valence-electron chi connectivity index (χ4n) is 3.38. The van der Waals surface area contributed by atoms with Crippen LogP contribution in [0.25, 0.3) is 6.08 Å². The van der Waals surface area contributed by atoms with Gasteiger partial charge in [-0.3, -0.25) is 9.59 Å². The highest BCUT2D eigenvalue weighted by atomic mass is 35.5. The van der Waals surface area contributed by atoms with Crippen molar-refractivity contribution in [3.63, 3.8) is 0 Å². The Morgan fingerprint density at radius 3 is 2.61 bits per heavy atom. The van der Waals surface area contributed by atoms with Crippen molar-refractivity contribution in [1.29, 1.82) is 0 Å². The van der Waals surface area contributed by atoms with Gasteiger partial charge in [0.1, 0.15) is 0 Å². The molecule has 4 rings (SSSR count). The standard InChI is InChI=1S/C27H24ClN3O4S/c1-16-10-12-19(13-11-16)29-24(32)15-35-25-18(6-4-9-22(25)34-3)14-23-26(33)31-27(36-23)30-21-8-5-7-20(28)17(21)2/h4-14H,15H2,1-3H3,(H,29,32)(H,30,31,33)/b23-14+. The number of amidine groups is 1. The summed E-state index contributed by atoms with van der Waals surface area (Å²) in [6.45, 7) is 3.61. The van der Waals surface area contributed by atoms with Gasteiger partial charge in [0.2, 0.25) is 0 Å². The van der Waals surface area contributed by atoms with Crippen LogP contribution in [-0.4, -0.2) is 30.7 Å². The zero-order valence-electron chi connectivity index (χ0n) is 19.9. The number of nitrogens with one attached hydrogen (secondary N) is 2. The molecule has 1 saturated heterocycles. The zero-order valence-corrected chi connectivity index (χ0v) is 21.5. The van der Waals surface area contributed by atoms with Crippen LogP contribution in [0.15, 0.2) is 70.6 Å². The summed E-state index contributed by atoms with van der Waals surface area (Å²) < 4.78 is 11.3. The number of halogens is 1. The first-order valence-electron chi connectivity index (χ1n) is 11.0. The Morgan fingerprint density at radius 2 is 1.86 bits per heavy atom. The number of benzene rings is 3. The summed E-state index contributed by atoms with van der Waals surface area (Å²) in [6, 6.07) is 18.2. The maximum atomic E-state index is 12.6. The van der Waals surface area contributed by atoms with Crippen LogP contribution in [-0.2, 0) is 9.59 Å². The molecule has 1 aliphatic heterocycles. The lowest BCUT2D eigenvalue weighted by atomic mass is 10.1. The van der Waals surface area contributed by atoms with Gasteiger partial charge >= 0.3 is 0 Å². The monoisotopic (exact) mass is 521 g/mol. The van der Waals surface area contributed by atoms with Gasteiger partial charge in [0.15, 0.2) is 23.3 Å². The first kappa shape index (κ1) is 25.3. The molecule has 0 unspecified atom stereocenters. The number of carbonyl (C=O) groups excluding carboxylic acids is 2. The molecule has 0 spiro atoms. The lowest BCUT2D eigenvalue weighted by Crippen LogP contribution is -2.20. The van der Waals surface area contributed by atoms with Crippen LogP contribution in [0.1, 0.15) is 16.7 Å². The molecule has 2 N–H and O–H groups in total. The van der Waals surface area contributed by atoms with Crippen molar-refractivity contribution in [3.05, 3.63) is 87.3 Å². The van der Waals surface area contributed by atoms with E-state index in [1.807, 2.05) is 50.2 Å². The molecule has 0 aromatic heterocycles. The molecule has 36 heavy (non-hydrogen) atoms. The fraction of sp³-hybridized carbons (Fsp3) is 0.148. The van der Waals surface area contributed by atoms with Gasteiger partial charge < -0.3 is 20.1 Å². The maximum Gasteiger partial charge on any atom is 0.264 e. The van der Waals surface area contributed by atoms with Gasteiger partial charge in [-0.05, 0) is 67.6 Å². The average Bonchev–Trinajstić information content (AvgIpc) is 3.20. The molecule has 0 atom stereocenters. The van der Waals surface area contributed by atoms with E-state index in [1.54, 1.807) is 30.3 Å². The average molecular weight is 522 g/mol. The first-order chi connectivity index (χ1) is 17.3. The smallest absolute Gasteiger partial charge is 0.264 e. The molecule has 0 bridgehead atoms. The van der Waals surface area contributed by atoms with Crippen LogP contribution in [0, 0.1) is 13.8 Å². The minimum Gasteiger partial charge on any atom is -0.493 e. The van der Waals surface area contributed by atoms with Crippen LogP contribution < -0.4 is 20.1 Å². The Bertz CT molecular complexity index is 1370. The molecule has 1 heterocycles. The minimum atomic E-state index is -0.317. The summed E-state index contributed by atoms with van der Waals surface area (Å²) in [5.74, 6) is 0.197. The summed E-state index contributed by atoms with van der Waals surface area (Å²) in [4.78, 5) is 30.1. The lowest BCUT2D eigenvalue weighted by Gasteiger charge is -2.13. The second-order valence-corrected chi connectivity index (χ2v) is 9.39. The van der Waals surface area contributed by atoms with Crippen LogP contribution in [0.4, 0.5) is 11.4 Å². The van der Waals surface area contributed by atoms with Crippen LogP contribution >= 0.6 is 23.4 Å². The van der Waals surface area contributed by atoms with Crippen LogP contribution in [0.2, 0.25) is 5.02 Å². The molecule has 1 fully saturated rings. The Balaban J connectivity index is 1.53. The molecule has 0 aliphatic carbocycles. The number of hydrogen-bond acceptors (Lipinski definition) is 6. The predicted octanol–water partition coefficient (Wildman–Crippen LogP) is 5.87.